The van der Waals surface area contributed by atoms with Crippen LogP contribution in [0.4, 0.5) is 11.5 Å². The molecule has 11 nitrogen and oxygen atoms in total. The van der Waals surface area contributed by atoms with Crippen LogP contribution in [0, 0.1) is 18.3 Å². The first-order valence-corrected chi connectivity index (χ1v) is 16.1. The summed E-state index contributed by atoms with van der Waals surface area (Å²) in [6.45, 7) is 6.06. The fraction of sp³-hybridized carbons (Fsp3) is 0.486. The van der Waals surface area contributed by atoms with Crippen LogP contribution in [0.25, 0.3) is 10.8 Å². The van der Waals surface area contributed by atoms with Gasteiger partial charge in [-0.15, -0.1) is 0 Å². The monoisotopic (exact) mass is 625 g/mol. The number of aliphatic hydroxyl groups is 1. The minimum Gasteiger partial charge on any atom is -0.462 e. The van der Waals surface area contributed by atoms with Crippen LogP contribution in [0.3, 0.4) is 0 Å². The number of hydrogen-bond acceptors (Lipinski definition) is 10. The molecule has 0 saturated carbocycles. The first-order chi connectivity index (χ1) is 22.3. The smallest absolute Gasteiger partial charge is 0.318 e. The second-order valence-electron chi connectivity index (χ2n) is 12.6. The molecule has 0 bridgehead atoms. The predicted octanol–water partition coefficient (Wildman–Crippen LogP) is 3.43. The van der Waals surface area contributed by atoms with Gasteiger partial charge in [0.15, 0.2) is 5.72 Å². The lowest BCUT2D eigenvalue weighted by Crippen LogP contribution is -2.64. The molecule has 2 saturated heterocycles. The summed E-state index contributed by atoms with van der Waals surface area (Å²) in [5.74, 6) is 0.344. The van der Waals surface area contributed by atoms with Gasteiger partial charge in [-0.2, -0.15) is 15.2 Å². The molecule has 2 aromatic carbocycles. The van der Waals surface area contributed by atoms with E-state index in [4.69, 9.17) is 19.4 Å². The van der Waals surface area contributed by atoms with Gasteiger partial charge in [0.25, 0.3) is 0 Å². The van der Waals surface area contributed by atoms with Crippen LogP contribution >= 0.6 is 0 Å². The van der Waals surface area contributed by atoms with Crippen molar-refractivity contribution in [2.75, 3.05) is 69.9 Å². The number of rotatable bonds is 9. The molecule has 0 unspecified atom stereocenters. The van der Waals surface area contributed by atoms with E-state index < -0.39 is 5.72 Å². The number of anilines is 2. The van der Waals surface area contributed by atoms with E-state index in [1.54, 1.807) is 13.2 Å². The van der Waals surface area contributed by atoms with Gasteiger partial charge >= 0.3 is 6.01 Å². The van der Waals surface area contributed by atoms with Crippen molar-refractivity contribution in [2.45, 2.75) is 50.9 Å². The number of β-amino-alcohol motifs (C(OH)–C–C–N with tert-alkyl or cyclic N) is 1. The number of fused-ring (bicyclic) bond motifs is 2. The van der Waals surface area contributed by atoms with E-state index in [1.165, 1.54) is 33.0 Å². The zero-order chi connectivity index (χ0) is 32.3. The van der Waals surface area contributed by atoms with E-state index in [0.717, 1.165) is 37.2 Å². The van der Waals surface area contributed by atoms with Crippen molar-refractivity contribution in [3.8, 4) is 12.1 Å². The Morgan fingerprint density at radius 3 is 2.74 bits per heavy atom. The standard InChI is InChI=1S/C35H43N7O4/c1-25-8-4-9-26-10-5-12-30(32(25)26)40-18-14-28-29(22-40)37-34(46-23-27-11-6-17-39(27)2)38-33(28)41-19-20-42(31(43)13-7-21-45-3)35(44,24-41)15-16-36/h4-5,7-10,12-13,27,44H,6,11,14-15,17-24H2,1-3H3/b13-7+/t27-,35+/m1/s1. The number of amides is 1. The number of likely N-dealkylation sites (tertiary alicyclic amines) is 1. The Hall–Kier alpha value is -4.24. The molecule has 2 fully saturated rings. The Labute approximate surface area is 270 Å². The second kappa shape index (κ2) is 13.6. The predicted molar refractivity (Wildman–Crippen MR) is 177 cm³/mol. The van der Waals surface area contributed by atoms with Crippen LogP contribution in [0.2, 0.25) is 0 Å². The summed E-state index contributed by atoms with van der Waals surface area (Å²) < 4.78 is 11.3. The summed E-state index contributed by atoms with van der Waals surface area (Å²) in [6, 6.07) is 15.5. The quantitative estimate of drug-likeness (QED) is 0.355. The Morgan fingerprint density at radius 2 is 1.98 bits per heavy atom. The average molecular weight is 626 g/mol. The molecule has 11 heteroatoms. The van der Waals surface area contributed by atoms with Crippen LogP contribution in [-0.4, -0.2) is 103 Å². The molecule has 3 aromatic rings. The van der Waals surface area contributed by atoms with Crippen molar-refractivity contribution in [2.24, 2.45) is 0 Å². The summed E-state index contributed by atoms with van der Waals surface area (Å²) in [7, 11) is 3.67. The SMILES string of the molecule is COC/C=C/C(=O)N1CCN(c2nc(OC[C@H]3CCCN3C)nc3c2CCN(c2cccc4cccc(C)c24)C3)C[C@@]1(O)CC#N. The van der Waals surface area contributed by atoms with Crippen LogP contribution in [0.5, 0.6) is 6.01 Å². The minimum absolute atomic E-state index is 0.0465. The first-order valence-electron chi connectivity index (χ1n) is 16.1. The molecule has 0 spiro atoms. The number of ether oxygens (including phenoxy) is 2. The van der Waals surface area contributed by atoms with Gasteiger partial charge < -0.3 is 34.2 Å². The minimum atomic E-state index is -1.69. The first kappa shape index (κ1) is 31.7. The number of aromatic nitrogens is 2. The molecular formula is C35H43N7O4. The molecule has 6 rings (SSSR count). The third kappa shape index (κ3) is 6.38. The number of piperazine rings is 1. The van der Waals surface area contributed by atoms with Gasteiger partial charge in [-0.1, -0.05) is 36.4 Å². The molecule has 3 aliphatic rings. The van der Waals surface area contributed by atoms with Crippen LogP contribution in [0.1, 0.15) is 36.1 Å². The van der Waals surface area contributed by atoms with Crippen molar-refractivity contribution in [1.29, 1.82) is 5.26 Å². The molecule has 0 aliphatic carbocycles. The Bertz CT molecular complexity index is 1650. The Morgan fingerprint density at radius 1 is 1.15 bits per heavy atom. The molecule has 46 heavy (non-hydrogen) atoms. The van der Waals surface area contributed by atoms with Gasteiger partial charge in [0.2, 0.25) is 5.91 Å². The average Bonchev–Trinajstić information content (AvgIpc) is 3.47. The zero-order valence-electron chi connectivity index (χ0n) is 27.0. The maximum atomic E-state index is 13.1. The molecule has 1 N–H and O–H groups in total. The van der Waals surface area contributed by atoms with Crippen LogP contribution < -0.4 is 14.5 Å². The molecule has 0 radical (unpaired) electrons. The highest BCUT2D eigenvalue weighted by molar-refractivity contribution is 5.97. The number of nitriles is 1. The Kier molecular flexibility index (Phi) is 9.40. The molecule has 2 atom stereocenters. The number of methoxy groups -OCH3 is 1. The van der Waals surface area contributed by atoms with E-state index >= 15 is 0 Å². The summed E-state index contributed by atoms with van der Waals surface area (Å²) in [5.41, 5.74) is 2.62. The normalized spacial score (nSPS) is 22.0. The Balaban J connectivity index is 1.33. The lowest BCUT2D eigenvalue weighted by Gasteiger charge is -2.47. The number of nitrogens with zero attached hydrogens (tertiary/aromatic N) is 7. The van der Waals surface area contributed by atoms with Crippen molar-refractivity contribution in [3.63, 3.8) is 0 Å². The topological polar surface area (TPSA) is 118 Å². The van der Waals surface area contributed by atoms with Crippen molar-refractivity contribution in [1.82, 2.24) is 19.8 Å². The van der Waals surface area contributed by atoms with E-state index in [0.29, 0.717) is 44.0 Å². The largest absolute Gasteiger partial charge is 0.462 e. The summed E-state index contributed by atoms with van der Waals surface area (Å²) in [6.07, 6.45) is 5.68. The molecule has 1 amide bonds. The van der Waals surface area contributed by atoms with E-state index in [-0.39, 0.29) is 32.0 Å². The lowest BCUT2D eigenvalue weighted by atomic mass is 9.99. The second-order valence-corrected chi connectivity index (χ2v) is 12.6. The third-order valence-electron chi connectivity index (χ3n) is 9.52. The molecule has 4 heterocycles. The maximum Gasteiger partial charge on any atom is 0.318 e. The van der Waals surface area contributed by atoms with E-state index in [1.807, 2.05) is 4.90 Å². The van der Waals surface area contributed by atoms with Crippen LogP contribution in [-0.2, 0) is 22.5 Å². The maximum absolute atomic E-state index is 13.1. The van der Waals surface area contributed by atoms with Gasteiger partial charge in [0.05, 0.1) is 37.9 Å². The van der Waals surface area contributed by atoms with Gasteiger partial charge in [0, 0.05) is 55.5 Å². The highest BCUT2D eigenvalue weighted by atomic mass is 16.5. The van der Waals surface area contributed by atoms with Gasteiger partial charge in [-0.05, 0) is 56.8 Å². The number of aryl methyl sites for hydroxylation is 1. The fourth-order valence-electron chi connectivity index (χ4n) is 7.06. The van der Waals surface area contributed by atoms with Crippen molar-refractivity contribution >= 4 is 28.2 Å². The molecule has 3 aliphatic heterocycles. The van der Waals surface area contributed by atoms with Crippen molar-refractivity contribution < 1.29 is 19.4 Å². The molecule has 1 aromatic heterocycles. The number of benzene rings is 2. The number of carbonyl (C=O) groups is 1. The van der Waals surface area contributed by atoms with Gasteiger partial charge in [0.1, 0.15) is 12.4 Å². The van der Waals surface area contributed by atoms with E-state index in [9.17, 15) is 15.2 Å². The molecule has 242 valence electrons. The summed E-state index contributed by atoms with van der Waals surface area (Å²) >= 11 is 0. The lowest BCUT2D eigenvalue weighted by molar-refractivity contribution is -0.155. The highest BCUT2D eigenvalue weighted by Crippen LogP contribution is 2.37. The molecular weight excluding hydrogens is 582 g/mol. The highest BCUT2D eigenvalue weighted by Gasteiger charge is 2.43. The summed E-state index contributed by atoms with van der Waals surface area (Å²) in [5, 5.41) is 23.8. The zero-order valence-corrected chi connectivity index (χ0v) is 27.0. The van der Waals surface area contributed by atoms with Crippen LogP contribution in [0.15, 0.2) is 48.6 Å². The fourth-order valence-corrected chi connectivity index (χ4v) is 7.06. The summed E-state index contributed by atoms with van der Waals surface area (Å²) in [4.78, 5) is 31.0. The van der Waals surface area contributed by atoms with Gasteiger partial charge in [-0.3, -0.25) is 4.79 Å². The van der Waals surface area contributed by atoms with E-state index in [2.05, 4.69) is 66.2 Å². The third-order valence-corrected chi connectivity index (χ3v) is 9.52. The number of likely N-dealkylation sites (N-methyl/N-ethyl adjacent to an activating group) is 1. The number of hydrogen-bond donors (Lipinski definition) is 1. The van der Waals surface area contributed by atoms with Crippen molar-refractivity contribution in [3.05, 3.63) is 65.4 Å². The number of carbonyl (C=O) groups excluding carboxylic acids is 1. The van der Waals surface area contributed by atoms with Gasteiger partial charge in [-0.25, -0.2) is 0 Å².